The van der Waals surface area contributed by atoms with Crippen LogP contribution in [0, 0.1) is 5.92 Å². The topological polar surface area (TPSA) is 98.2 Å². The van der Waals surface area contributed by atoms with Gasteiger partial charge in [0.15, 0.2) is 5.82 Å². The van der Waals surface area contributed by atoms with Gasteiger partial charge in [-0.25, -0.2) is 4.68 Å². The van der Waals surface area contributed by atoms with Crippen molar-refractivity contribution in [2.24, 2.45) is 5.92 Å². The number of nitrogens with one attached hydrogen (secondary N) is 1. The number of tetrazole rings is 1. The minimum absolute atomic E-state index is 0.0943. The zero-order valence-electron chi connectivity index (χ0n) is 21.8. The lowest BCUT2D eigenvalue weighted by Crippen LogP contribution is -2.41. The maximum atomic E-state index is 13.5. The summed E-state index contributed by atoms with van der Waals surface area (Å²) in [4.78, 5) is 19.0. The lowest BCUT2D eigenvalue weighted by Gasteiger charge is -2.37. The average Bonchev–Trinajstić information content (AvgIpc) is 3.63. The van der Waals surface area contributed by atoms with Gasteiger partial charge in [-0.15, -0.1) is 5.10 Å². The first-order chi connectivity index (χ1) is 18.7. The van der Waals surface area contributed by atoms with Gasteiger partial charge in [-0.3, -0.25) is 9.69 Å². The molecular weight excluding hydrogens is 480 g/mol. The molecule has 4 aromatic rings. The third-order valence-corrected chi connectivity index (χ3v) is 7.96. The van der Waals surface area contributed by atoms with Crippen LogP contribution in [0.1, 0.15) is 48.7 Å². The van der Waals surface area contributed by atoms with Gasteiger partial charge in [-0.1, -0.05) is 30.3 Å². The number of ether oxygens (including phenoxy) is 2. The molecule has 2 atom stereocenters. The Hall–Kier alpha value is -3.56. The van der Waals surface area contributed by atoms with E-state index in [1.807, 2.05) is 28.9 Å². The minimum Gasteiger partial charge on any atom is -0.497 e. The summed E-state index contributed by atoms with van der Waals surface area (Å²) in [5.41, 5.74) is 2.66. The lowest BCUT2D eigenvalue weighted by atomic mass is 9.89. The molecule has 2 aliphatic rings. The summed E-state index contributed by atoms with van der Waals surface area (Å²) in [6.45, 7) is 3.10. The number of aromatic nitrogens is 5. The molecule has 0 radical (unpaired) electrons. The van der Waals surface area contributed by atoms with Crippen molar-refractivity contribution in [3.63, 3.8) is 0 Å². The number of hydrogen-bond acceptors (Lipinski definition) is 7. The first-order valence-electron chi connectivity index (χ1n) is 13.5. The predicted molar refractivity (Wildman–Crippen MR) is 144 cm³/mol. The molecule has 6 rings (SSSR count). The summed E-state index contributed by atoms with van der Waals surface area (Å²) in [5, 5.41) is 13.8. The highest BCUT2D eigenvalue weighted by atomic mass is 16.5. The largest absolute Gasteiger partial charge is 0.497 e. The molecule has 198 valence electrons. The van der Waals surface area contributed by atoms with Crippen LogP contribution < -0.4 is 10.3 Å². The second-order valence-electron chi connectivity index (χ2n) is 10.4. The molecule has 0 spiro atoms. The molecule has 2 aromatic carbocycles. The van der Waals surface area contributed by atoms with E-state index in [0.29, 0.717) is 29.6 Å². The highest BCUT2D eigenvalue weighted by molar-refractivity contribution is 5.80. The average molecular weight is 515 g/mol. The fraction of sp³-hybridized carbons (Fsp3) is 0.448. The van der Waals surface area contributed by atoms with Gasteiger partial charge in [0.05, 0.1) is 25.3 Å². The van der Waals surface area contributed by atoms with Crippen LogP contribution in [-0.4, -0.2) is 63.0 Å². The van der Waals surface area contributed by atoms with Crippen molar-refractivity contribution in [2.75, 3.05) is 26.8 Å². The van der Waals surface area contributed by atoms with E-state index in [0.717, 1.165) is 62.7 Å². The van der Waals surface area contributed by atoms with Crippen LogP contribution in [-0.2, 0) is 17.7 Å². The molecule has 2 fully saturated rings. The SMILES string of the molecule is COc1ccc2cc([C@H](c3nnnn3C[C@H]3CCCO3)N3CCC(Cc4ccccc4)CC3)c(=O)[nH]c2c1. The van der Waals surface area contributed by atoms with Crippen molar-refractivity contribution in [2.45, 2.75) is 50.8 Å². The number of fused-ring (bicyclic) bond motifs is 1. The van der Waals surface area contributed by atoms with Gasteiger partial charge in [0.1, 0.15) is 11.8 Å². The van der Waals surface area contributed by atoms with Gasteiger partial charge in [-0.2, -0.15) is 0 Å². The zero-order chi connectivity index (χ0) is 25.9. The van der Waals surface area contributed by atoms with Crippen LogP contribution in [0.4, 0.5) is 0 Å². The highest BCUT2D eigenvalue weighted by Crippen LogP contribution is 2.32. The van der Waals surface area contributed by atoms with Crippen LogP contribution in [0.2, 0.25) is 0 Å². The standard InChI is InChI=1S/C29H34N6O3/c1-37-23-10-9-22-17-25(29(36)30-26(22)18-23)27(28-31-32-33-35(28)19-24-8-5-15-38-24)34-13-11-21(12-14-34)16-20-6-3-2-4-7-20/h2-4,6-7,9-10,17-18,21,24,27H,5,8,11-16,19H2,1H3,(H,30,36)/t24-,27-/m1/s1. The van der Waals surface area contributed by atoms with E-state index in [9.17, 15) is 4.79 Å². The third kappa shape index (κ3) is 5.21. The summed E-state index contributed by atoms with van der Waals surface area (Å²) in [7, 11) is 1.62. The number of likely N-dealkylation sites (tertiary alicyclic amines) is 1. The van der Waals surface area contributed by atoms with Gasteiger partial charge in [0.25, 0.3) is 5.56 Å². The number of pyridine rings is 1. The molecule has 0 saturated carbocycles. The van der Waals surface area contributed by atoms with Gasteiger partial charge in [0.2, 0.25) is 0 Å². The van der Waals surface area contributed by atoms with E-state index < -0.39 is 0 Å². The number of H-pyrrole nitrogens is 1. The highest BCUT2D eigenvalue weighted by Gasteiger charge is 2.34. The Kier molecular flexibility index (Phi) is 7.20. The van der Waals surface area contributed by atoms with E-state index in [2.05, 4.69) is 55.7 Å². The molecule has 38 heavy (non-hydrogen) atoms. The Labute approximate surface area is 221 Å². The smallest absolute Gasteiger partial charge is 0.253 e. The Morgan fingerprint density at radius 1 is 1.11 bits per heavy atom. The zero-order valence-corrected chi connectivity index (χ0v) is 21.8. The fourth-order valence-electron chi connectivity index (χ4n) is 5.91. The second-order valence-corrected chi connectivity index (χ2v) is 10.4. The second kappa shape index (κ2) is 11.0. The van der Waals surface area contributed by atoms with Gasteiger partial charge in [0, 0.05) is 18.2 Å². The maximum absolute atomic E-state index is 13.5. The molecule has 9 heteroatoms. The Bertz CT molecular complexity index is 1420. The van der Waals surface area contributed by atoms with Crippen LogP contribution in [0.3, 0.4) is 0 Å². The Morgan fingerprint density at radius 2 is 1.95 bits per heavy atom. The Balaban J connectivity index is 1.32. The van der Waals surface area contributed by atoms with Crippen molar-refractivity contribution in [1.29, 1.82) is 0 Å². The summed E-state index contributed by atoms with van der Waals surface area (Å²) in [6, 6.07) is 18.1. The Morgan fingerprint density at radius 3 is 2.71 bits per heavy atom. The molecule has 2 saturated heterocycles. The van der Waals surface area contributed by atoms with Crippen molar-refractivity contribution in [1.82, 2.24) is 30.1 Å². The predicted octanol–water partition coefficient (Wildman–Crippen LogP) is 3.75. The quantitative estimate of drug-likeness (QED) is 0.382. The molecule has 1 N–H and O–H groups in total. The lowest BCUT2D eigenvalue weighted by molar-refractivity contribution is 0.0892. The number of aromatic amines is 1. The third-order valence-electron chi connectivity index (χ3n) is 7.96. The van der Waals surface area contributed by atoms with Gasteiger partial charge in [-0.05, 0) is 90.7 Å². The van der Waals surface area contributed by atoms with Crippen LogP contribution in [0.25, 0.3) is 10.9 Å². The molecule has 0 bridgehead atoms. The number of hydrogen-bond donors (Lipinski definition) is 1. The molecule has 2 aromatic heterocycles. The van der Waals surface area contributed by atoms with Crippen molar-refractivity contribution >= 4 is 10.9 Å². The van der Waals surface area contributed by atoms with E-state index >= 15 is 0 Å². The number of benzene rings is 2. The monoisotopic (exact) mass is 514 g/mol. The van der Waals surface area contributed by atoms with E-state index in [1.165, 1.54) is 5.56 Å². The van der Waals surface area contributed by atoms with E-state index in [1.54, 1.807) is 7.11 Å². The normalized spacial score (nSPS) is 19.7. The molecule has 0 unspecified atom stereocenters. The molecule has 9 nitrogen and oxygen atoms in total. The molecular formula is C29H34N6O3. The molecule has 0 aliphatic carbocycles. The van der Waals surface area contributed by atoms with E-state index in [4.69, 9.17) is 9.47 Å². The summed E-state index contributed by atoms with van der Waals surface area (Å²) >= 11 is 0. The van der Waals surface area contributed by atoms with Crippen LogP contribution in [0.15, 0.2) is 59.4 Å². The van der Waals surface area contributed by atoms with Crippen molar-refractivity contribution < 1.29 is 9.47 Å². The van der Waals surface area contributed by atoms with Gasteiger partial charge < -0.3 is 14.5 Å². The fourth-order valence-corrected chi connectivity index (χ4v) is 5.91. The minimum atomic E-state index is -0.348. The van der Waals surface area contributed by atoms with Crippen molar-refractivity contribution in [3.8, 4) is 5.75 Å². The van der Waals surface area contributed by atoms with Crippen molar-refractivity contribution in [3.05, 3.63) is 81.9 Å². The van der Waals surface area contributed by atoms with E-state index in [-0.39, 0.29) is 17.7 Å². The molecule has 4 heterocycles. The van der Waals surface area contributed by atoms with Crippen LogP contribution in [0.5, 0.6) is 5.75 Å². The summed E-state index contributed by atoms with van der Waals surface area (Å²) in [5.74, 6) is 2.01. The first kappa shape index (κ1) is 24.8. The molecule has 2 aliphatic heterocycles. The molecule has 0 amide bonds. The summed E-state index contributed by atoms with van der Waals surface area (Å²) in [6.07, 6.45) is 5.33. The maximum Gasteiger partial charge on any atom is 0.253 e. The van der Waals surface area contributed by atoms with Gasteiger partial charge >= 0.3 is 0 Å². The van der Waals surface area contributed by atoms with Crippen LogP contribution >= 0.6 is 0 Å². The number of nitrogens with zero attached hydrogens (tertiary/aromatic N) is 5. The summed E-state index contributed by atoms with van der Waals surface area (Å²) < 4.78 is 13.1. The first-order valence-corrected chi connectivity index (χ1v) is 13.5. The number of methoxy groups -OCH3 is 1. The number of piperidine rings is 1. The number of rotatable bonds is 8.